The van der Waals surface area contributed by atoms with Gasteiger partial charge in [-0.3, -0.25) is 4.79 Å². The third-order valence-corrected chi connectivity index (χ3v) is 4.15. The molecule has 0 radical (unpaired) electrons. The molecular weight excluding hydrogens is 364 g/mol. The number of carbonyl (C=O) groups is 1. The number of amides is 1. The Kier molecular flexibility index (Phi) is 5.16. The van der Waals surface area contributed by atoms with E-state index in [1.54, 1.807) is 42.5 Å². The maximum absolute atomic E-state index is 12.9. The number of halogens is 3. The molecule has 0 fully saturated rings. The fourth-order valence-electron chi connectivity index (χ4n) is 2.09. The Labute approximate surface area is 153 Å². The summed E-state index contributed by atoms with van der Waals surface area (Å²) in [4.78, 5) is 16.4. The summed E-state index contributed by atoms with van der Waals surface area (Å²) in [6, 6.07) is 14.2. The molecule has 0 atom stereocenters. The molecule has 25 heavy (non-hydrogen) atoms. The Morgan fingerprint density at radius 1 is 0.960 bits per heavy atom. The Balaban J connectivity index is 1.70. The SMILES string of the molecule is O=C(Nc1cccc(Cl)c1Cl)c1ccc(Nc2ccc(F)cc2)cn1. The monoisotopic (exact) mass is 375 g/mol. The second kappa shape index (κ2) is 7.51. The standard InChI is InChI=1S/C18H12Cl2FN3O/c19-14-2-1-3-15(17(14)20)24-18(25)16-9-8-13(10-22-16)23-12-6-4-11(21)5-7-12/h1-10,23H,(H,24,25). The van der Waals surface area contributed by atoms with Crippen LogP contribution in [-0.2, 0) is 0 Å². The molecule has 0 aliphatic rings. The van der Waals surface area contributed by atoms with E-state index in [2.05, 4.69) is 15.6 Å². The molecule has 7 heteroatoms. The van der Waals surface area contributed by atoms with E-state index >= 15 is 0 Å². The van der Waals surface area contributed by atoms with Crippen LogP contribution in [0.2, 0.25) is 10.0 Å². The summed E-state index contributed by atoms with van der Waals surface area (Å²) in [5.41, 5.74) is 2.02. The number of carbonyl (C=O) groups excluding carboxylic acids is 1. The maximum atomic E-state index is 12.9. The minimum absolute atomic E-state index is 0.223. The van der Waals surface area contributed by atoms with Crippen LogP contribution in [0.15, 0.2) is 60.8 Å². The van der Waals surface area contributed by atoms with Gasteiger partial charge >= 0.3 is 0 Å². The molecule has 1 aromatic heterocycles. The maximum Gasteiger partial charge on any atom is 0.274 e. The zero-order valence-corrected chi connectivity index (χ0v) is 14.3. The van der Waals surface area contributed by atoms with Crippen molar-refractivity contribution < 1.29 is 9.18 Å². The molecule has 0 aliphatic heterocycles. The van der Waals surface area contributed by atoms with Crippen molar-refractivity contribution in [2.45, 2.75) is 0 Å². The molecular formula is C18H12Cl2FN3O. The summed E-state index contributed by atoms with van der Waals surface area (Å²) in [6.07, 6.45) is 1.51. The molecule has 2 N–H and O–H groups in total. The summed E-state index contributed by atoms with van der Waals surface area (Å²) < 4.78 is 12.9. The minimum Gasteiger partial charge on any atom is -0.354 e. The van der Waals surface area contributed by atoms with Crippen LogP contribution in [0.3, 0.4) is 0 Å². The van der Waals surface area contributed by atoms with Crippen molar-refractivity contribution in [3.63, 3.8) is 0 Å². The molecule has 1 heterocycles. The van der Waals surface area contributed by atoms with Crippen molar-refractivity contribution in [1.82, 2.24) is 4.98 Å². The van der Waals surface area contributed by atoms with Crippen LogP contribution >= 0.6 is 23.2 Å². The van der Waals surface area contributed by atoms with E-state index in [-0.39, 0.29) is 16.5 Å². The highest BCUT2D eigenvalue weighted by Crippen LogP contribution is 2.29. The van der Waals surface area contributed by atoms with E-state index in [1.807, 2.05) is 0 Å². The van der Waals surface area contributed by atoms with E-state index in [1.165, 1.54) is 18.3 Å². The number of nitrogens with one attached hydrogen (secondary N) is 2. The Morgan fingerprint density at radius 2 is 1.68 bits per heavy atom. The average molecular weight is 376 g/mol. The third-order valence-electron chi connectivity index (χ3n) is 3.33. The second-order valence-corrected chi connectivity index (χ2v) is 5.90. The first-order valence-corrected chi connectivity index (χ1v) is 8.02. The number of hydrogen-bond donors (Lipinski definition) is 2. The summed E-state index contributed by atoms with van der Waals surface area (Å²) >= 11 is 12.0. The molecule has 4 nitrogen and oxygen atoms in total. The average Bonchev–Trinajstić information content (AvgIpc) is 2.61. The summed E-state index contributed by atoms with van der Waals surface area (Å²) in [7, 11) is 0. The van der Waals surface area contributed by atoms with E-state index in [0.29, 0.717) is 22.1 Å². The first kappa shape index (κ1) is 17.2. The van der Waals surface area contributed by atoms with Gasteiger partial charge < -0.3 is 10.6 Å². The highest BCUT2D eigenvalue weighted by molar-refractivity contribution is 6.44. The van der Waals surface area contributed by atoms with Crippen molar-refractivity contribution in [2.24, 2.45) is 0 Å². The predicted octanol–water partition coefficient (Wildman–Crippen LogP) is 5.52. The molecule has 126 valence electrons. The zero-order chi connectivity index (χ0) is 17.8. The lowest BCUT2D eigenvalue weighted by molar-refractivity contribution is 0.102. The lowest BCUT2D eigenvalue weighted by atomic mass is 10.2. The molecule has 3 rings (SSSR count). The van der Waals surface area contributed by atoms with Crippen LogP contribution < -0.4 is 10.6 Å². The third kappa shape index (κ3) is 4.26. The predicted molar refractivity (Wildman–Crippen MR) is 98.3 cm³/mol. The highest BCUT2D eigenvalue weighted by atomic mass is 35.5. The molecule has 2 aromatic carbocycles. The van der Waals surface area contributed by atoms with E-state index in [4.69, 9.17) is 23.2 Å². The van der Waals surface area contributed by atoms with Gasteiger partial charge in [0, 0.05) is 5.69 Å². The second-order valence-electron chi connectivity index (χ2n) is 5.12. The highest BCUT2D eigenvalue weighted by Gasteiger charge is 2.11. The van der Waals surface area contributed by atoms with Gasteiger partial charge in [0.1, 0.15) is 11.5 Å². The molecule has 0 aliphatic carbocycles. The zero-order valence-electron chi connectivity index (χ0n) is 12.8. The van der Waals surface area contributed by atoms with Gasteiger partial charge in [-0.25, -0.2) is 9.37 Å². The fraction of sp³-hybridized carbons (Fsp3) is 0. The van der Waals surface area contributed by atoms with Gasteiger partial charge in [0.15, 0.2) is 0 Å². The normalized spacial score (nSPS) is 10.4. The lowest BCUT2D eigenvalue weighted by Crippen LogP contribution is -2.14. The summed E-state index contributed by atoms with van der Waals surface area (Å²) in [5, 5.41) is 6.35. The number of anilines is 3. The summed E-state index contributed by atoms with van der Waals surface area (Å²) in [6.45, 7) is 0. The smallest absolute Gasteiger partial charge is 0.274 e. The van der Waals surface area contributed by atoms with Crippen LogP contribution in [0.25, 0.3) is 0 Å². The lowest BCUT2D eigenvalue weighted by Gasteiger charge is -2.09. The van der Waals surface area contributed by atoms with Crippen LogP contribution in [0.1, 0.15) is 10.5 Å². The van der Waals surface area contributed by atoms with Crippen LogP contribution in [0.5, 0.6) is 0 Å². The van der Waals surface area contributed by atoms with E-state index in [9.17, 15) is 9.18 Å². The van der Waals surface area contributed by atoms with Crippen molar-refractivity contribution in [2.75, 3.05) is 10.6 Å². The van der Waals surface area contributed by atoms with Gasteiger partial charge in [0.2, 0.25) is 0 Å². The molecule has 0 spiro atoms. The number of nitrogens with zero attached hydrogens (tertiary/aromatic N) is 1. The van der Waals surface area contributed by atoms with Gasteiger partial charge in [-0.1, -0.05) is 29.3 Å². The number of hydrogen-bond acceptors (Lipinski definition) is 3. The van der Waals surface area contributed by atoms with Gasteiger partial charge in [-0.15, -0.1) is 0 Å². The first-order chi connectivity index (χ1) is 12.0. The number of pyridine rings is 1. The molecule has 0 unspecified atom stereocenters. The van der Waals surface area contributed by atoms with Crippen molar-refractivity contribution in [3.05, 3.63) is 82.4 Å². The van der Waals surface area contributed by atoms with Crippen molar-refractivity contribution >= 4 is 46.2 Å². The van der Waals surface area contributed by atoms with E-state index < -0.39 is 5.91 Å². The molecule has 0 saturated heterocycles. The molecule has 3 aromatic rings. The topological polar surface area (TPSA) is 54.0 Å². The number of aromatic nitrogens is 1. The first-order valence-electron chi connectivity index (χ1n) is 7.27. The van der Waals surface area contributed by atoms with Gasteiger partial charge in [0.25, 0.3) is 5.91 Å². The molecule has 0 bridgehead atoms. The largest absolute Gasteiger partial charge is 0.354 e. The van der Waals surface area contributed by atoms with Crippen LogP contribution in [0, 0.1) is 5.82 Å². The Bertz CT molecular complexity index is 899. The van der Waals surface area contributed by atoms with Gasteiger partial charge in [-0.05, 0) is 48.5 Å². The minimum atomic E-state index is -0.405. The Hall–Kier alpha value is -2.63. The van der Waals surface area contributed by atoms with Crippen LogP contribution in [-0.4, -0.2) is 10.9 Å². The number of benzene rings is 2. The molecule has 1 amide bonds. The Morgan fingerprint density at radius 3 is 2.36 bits per heavy atom. The quantitative estimate of drug-likeness (QED) is 0.630. The van der Waals surface area contributed by atoms with Crippen LogP contribution in [0.4, 0.5) is 21.5 Å². The molecule has 0 saturated carbocycles. The summed E-state index contributed by atoms with van der Waals surface area (Å²) in [5.74, 6) is -0.715. The van der Waals surface area contributed by atoms with Crippen molar-refractivity contribution in [1.29, 1.82) is 0 Å². The fourth-order valence-corrected chi connectivity index (χ4v) is 2.44. The van der Waals surface area contributed by atoms with Crippen molar-refractivity contribution in [3.8, 4) is 0 Å². The van der Waals surface area contributed by atoms with Gasteiger partial charge in [0.05, 0.1) is 27.6 Å². The number of rotatable bonds is 4. The van der Waals surface area contributed by atoms with E-state index in [0.717, 1.165) is 0 Å². The van der Waals surface area contributed by atoms with Gasteiger partial charge in [-0.2, -0.15) is 0 Å².